The van der Waals surface area contributed by atoms with E-state index in [1.54, 1.807) is 6.07 Å². The quantitative estimate of drug-likeness (QED) is 0.616. The van der Waals surface area contributed by atoms with Gasteiger partial charge in [0.2, 0.25) is 0 Å². The number of hydrogen-bond donors (Lipinski definition) is 1. The van der Waals surface area contributed by atoms with Crippen LogP contribution in [0.5, 0.6) is 5.75 Å². The Balaban J connectivity index is 2.42. The van der Waals surface area contributed by atoms with E-state index in [2.05, 4.69) is 10.1 Å². The van der Waals surface area contributed by atoms with Crippen molar-refractivity contribution in [1.82, 2.24) is 5.32 Å². The van der Waals surface area contributed by atoms with Crippen LogP contribution in [0.3, 0.4) is 0 Å². The second-order valence-electron chi connectivity index (χ2n) is 3.69. The first-order chi connectivity index (χ1) is 8.92. The maximum Gasteiger partial charge on any atom is 0.522 e. The summed E-state index contributed by atoms with van der Waals surface area (Å²) in [5.74, 6) is -0.701. The van der Waals surface area contributed by atoms with Gasteiger partial charge in [-0.15, -0.1) is 13.2 Å². The van der Waals surface area contributed by atoms with Gasteiger partial charge in [-0.25, -0.2) is 4.39 Å². The van der Waals surface area contributed by atoms with Crippen LogP contribution in [0.25, 0.3) is 0 Å². The van der Waals surface area contributed by atoms with Crippen molar-refractivity contribution in [1.29, 1.82) is 0 Å². The maximum atomic E-state index is 13.5. The number of hydrogen-bond acceptors (Lipinski definition) is 3. The highest BCUT2D eigenvalue weighted by atomic mass is 19.4. The summed E-state index contributed by atoms with van der Waals surface area (Å²) in [5.41, 5.74) is 0.734. The number of halogens is 4. The van der Waals surface area contributed by atoms with Gasteiger partial charge in [0.05, 0.1) is 6.61 Å². The van der Waals surface area contributed by atoms with Crippen LogP contribution in [-0.4, -0.2) is 26.1 Å². The van der Waals surface area contributed by atoms with Gasteiger partial charge < -0.3 is 10.1 Å². The van der Waals surface area contributed by atoms with Crippen molar-refractivity contribution in [2.75, 3.05) is 19.8 Å². The Morgan fingerprint density at radius 2 is 1.95 bits per heavy atom. The first-order valence-corrected chi connectivity index (χ1v) is 5.75. The summed E-state index contributed by atoms with van der Waals surface area (Å²) in [6.07, 6.45) is -4.70. The van der Waals surface area contributed by atoms with E-state index in [-0.39, 0.29) is 12.4 Å². The van der Waals surface area contributed by atoms with E-state index in [4.69, 9.17) is 4.74 Å². The molecule has 0 fully saturated rings. The molecule has 0 amide bonds. The molecule has 7 heteroatoms. The summed E-state index contributed by atoms with van der Waals surface area (Å²) in [6.45, 7) is 2.15. The molecule has 0 radical (unpaired) electrons. The third-order valence-corrected chi connectivity index (χ3v) is 2.18. The van der Waals surface area contributed by atoms with Crippen LogP contribution in [0.4, 0.5) is 17.6 Å². The Morgan fingerprint density at radius 1 is 1.21 bits per heavy atom. The fourth-order valence-corrected chi connectivity index (χ4v) is 1.35. The maximum absolute atomic E-state index is 13.5. The SMILES string of the molecule is CCNCc1ccc(OCCOC(F)(F)F)c(F)c1. The number of alkyl halides is 3. The number of benzene rings is 1. The summed E-state index contributed by atoms with van der Waals surface area (Å²) in [5, 5.41) is 3.03. The second kappa shape index (κ2) is 7.30. The van der Waals surface area contributed by atoms with E-state index < -0.39 is 18.8 Å². The standard InChI is InChI=1S/C12H15F4NO2/c1-2-17-8-9-3-4-11(10(13)7-9)18-5-6-19-12(14,15)16/h3-4,7,17H,2,5-6,8H2,1H3. The van der Waals surface area contributed by atoms with Crippen LogP contribution < -0.4 is 10.1 Å². The molecule has 108 valence electrons. The molecule has 0 atom stereocenters. The number of ether oxygens (including phenoxy) is 2. The zero-order valence-electron chi connectivity index (χ0n) is 10.4. The summed E-state index contributed by atoms with van der Waals surface area (Å²) < 4.78 is 56.9. The Labute approximate surface area is 108 Å². The highest BCUT2D eigenvalue weighted by Gasteiger charge is 2.28. The second-order valence-corrected chi connectivity index (χ2v) is 3.69. The average Bonchev–Trinajstić information content (AvgIpc) is 2.32. The molecule has 1 N–H and O–H groups in total. The third kappa shape index (κ3) is 6.40. The molecule has 0 bridgehead atoms. The molecule has 0 saturated heterocycles. The fourth-order valence-electron chi connectivity index (χ4n) is 1.35. The van der Waals surface area contributed by atoms with Crippen molar-refractivity contribution in [3.05, 3.63) is 29.6 Å². The average molecular weight is 281 g/mol. The van der Waals surface area contributed by atoms with Crippen molar-refractivity contribution in [2.45, 2.75) is 19.8 Å². The van der Waals surface area contributed by atoms with Gasteiger partial charge in [0.15, 0.2) is 11.6 Å². The molecule has 0 heterocycles. The lowest BCUT2D eigenvalue weighted by molar-refractivity contribution is -0.325. The van der Waals surface area contributed by atoms with E-state index >= 15 is 0 Å². The van der Waals surface area contributed by atoms with Crippen molar-refractivity contribution in [3.63, 3.8) is 0 Å². The Bertz CT molecular complexity index is 396. The van der Waals surface area contributed by atoms with Gasteiger partial charge in [0.1, 0.15) is 6.61 Å². The molecule has 0 spiro atoms. The minimum absolute atomic E-state index is 0.0916. The minimum Gasteiger partial charge on any atom is -0.488 e. The smallest absolute Gasteiger partial charge is 0.488 e. The molecule has 19 heavy (non-hydrogen) atoms. The minimum atomic E-state index is -4.70. The van der Waals surface area contributed by atoms with Gasteiger partial charge in [0.25, 0.3) is 0 Å². The van der Waals surface area contributed by atoms with E-state index in [0.29, 0.717) is 6.54 Å². The predicted molar refractivity (Wildman–Crippen MR) is 61.3 cm³/mol. The van der Waals surface area contributed by atoms with Crippen LogP contribution in [0, 0.1) is 5.82 Å². The molecule has 0 aliphatic carbocycles. The van der Waals surface area contributed by atoms with E-state index in [1.807, 2.05) is 6.92 Å². The monoisotopic (exact) mass is 281 g/mol. The summed E-state index contributed by atoms with van der Waals surface area (Å²) in [7, 11) is 0. The first kappa shape index (κ1) is 15.7. The summed E-state index contributed by atoms with van der Waals surface area (Å²) in [6, 6.07) is 4.31. The molecule has 1 rings (SSSR count). The van der Waals surface area contributed by atoms with Crippen molar-refractivity contribution in [2.24, 2.45) is 0 Å². The van der Waals surface area contributed by atoms with Crippen LogP contribution in [0.1, 0.15) is 12.5 Å². The molecule has 0 aliphatic heterocycles. The molecule has 0 saturated carbocycles. The predicted octanol–water partition coefficient (Wildman–Crippen LogP) is 2.85. The van der Waals surface area contributed by atoms with Crippen LogP contribution >= 0.6 is 0 Å². The Kier molecular flexibility index (Phi) is 6.04. The van der Waals surface area contributed by atoms with Gasteiger partial charge in [-0.2, -0.15) is 0 Å². The lowest BCUT2D eigenvalue weighted by Crippen LogP contribution is -2.18. The molecule has 3 nitrogen and oxygen atoms in total. The molecule has 0 aromatic heterocycles. The number of rotatable bonds is 7. The number of nitrogens with one attached hydrogen (secondary N) is 1. The van der Waals surface area contributed by atoms with Crippen LogP contribution in [-0.2, 0) is 11.3 Å². The van der Waals surface area contributed by atoms with Gasteiger partial charge in [-0.05, 0) is 24.2 Å². The van der Waals surface area contributed by atoms with Gasteiger partial charge in [0, 0.05) is 6.54 Å². The van der Waals surface area contributed by atoms with Gasteiger partial charge in [-0.3, -0.25) is 4.74 Å². The van der Waals surface area contributed by atoms with Crippen LogP contribution in [0.2, 0.25) is 0 Å². The van der Waals surface area contributed by atoms with Crippen molar-refractivity contribution < 1.29 is 27.0 Å². The van der Waals surface area contributed by atoms with Gasteiger partial charge in [-0.1, -0.05) is 13.0 Å². The topological polar surface area (TPSA) is 30.5 Å². The highest BCUT2D eigenvalue weighted by molar-refractivity contribution is 5.29. The molecular formula is C12H15F4NO2. The first-order valence-electron chi connectivity index (χ1n) is 5.75. The van der Waals surface area contributed by atoms with E-state index in [0.717, 1.165) is 12.1 Å². The normalized spacial score (nSPS) is 11.6. The fraction of sp³-hybridized carbons (Fsp3) is 0.500. The largest absolute Gasteiger partial charge is 0.522 e. The Hall–Kier alpha value is -1.34. The molecule has 0 unspecified atom stereocenters. The van der Waals surface area contributed by atoms with E-state index in [1.165, 1.54) is 12.1 Å². The summed E-state index contributed by atoms with van der Waals surface area (Å²) >= 11 is 0. The highest BCUT2D eigenvalue weighted by Crippen LogP contribution is 2.19. The van der Waals surface area contributed by atoms with Crippen molar-refractivity contribution >= 4 is 0 Å². The van der Waals surface area contributed by atoms with E-state index in [9.17, 15) is 17.6 Å². The lowest BCUT2D eigenvalue weighted by atomic mass is 10.2. The molecular weight excluding hydrogens is 266 g/mol. The van der Waals surface area contributed by atoms with Gasteiger partial charge >= 0.3 is 6.36 Å². The molecule has 1 aromatic rings. The Morgan fingerprint density at radius 3 is 2.53 bits per heavy atom. The van der Waals surface area contributed by atoms with Crippen molar-refractivity contribution in [3.8, 4) is 5.75 Å². The zero-order chi connectivity index (χ0) is 14.3. The molecule has 1 aromatic carbocycles. The van der Waals surface area contributed by atoms with Crippen LogP contribution in [0.15, 0.2) is 18.2 Å². The lowest BCUT2D eigenvalue weighted by Gasteiger charge is -2.10. The third-order valence-electron chi connectivity index (χ3n) is 2.18. The molecule has 0 aliphatic rings. The summed E-state index contributed by atoms with van der Waals surface area (Å²) in [4.78, 5) is 0. The zero-order valence-corrected chi connectivity index (χ0v) is 10.4.